The minimum Gasteiger partial charge on any atom is -0.371 e. The number of benzene rings is 1. The van der Waals surface area contributed by atoms with Gasteiger partial charge in [-0.1, -0.05) is 15.9 Å². The zero-order chi connectivity index (χ0) is 13.7. The van der Waals surface area contributed by atoms with Crippen LogP contribution in [-0.2, 0) is 14.2 Å². The number of hydrogen-bond donors (Lipinski definition) is 0. The summed E-state index contributed by atoms with van der Waals surface area (Å²) in [5.74, 6) is 0. The number of anilines is 1. The minimum absolute atomic E-state index is 0.247. The number of methoxy groups -OCH3 is 2. The first-order valence-electron chi connectivity index (χ1n) is 6.40. The average molecular weight is 330 g/mol. The molecule has 0 saturated carbocycles. The van der Waals surface area contributed by atoms with Gasteiger partial charge in [-0.15, -0.1) is 0 Å². The van der Waals surface area contributed by atoms with E-state index in [-0.39, 0.29) is 12.4 Å². The molecular weight excluding hydrogens is 310 g/mol. The van der Waals surface area contributed by atoms with Crippen molar-refractivity contribution in [2.24, 2.45) is 0 Å². The quantitative estimate of drug-likeness (QED) is 0.751. The molecule has 0 amide bonds. The molecule has 1 aliphatic heterocycles. The SMILES string of the molecule is COC(CO[C@@H]1CCN(c2ccc(Br)cc2)C1)OC. The molecule has 0 spiro atoms. The molecule has 0 unspecified atom stereocenters. The van der Waals surface area contributed by atoms with E-state index in [1.807, 2.05) is 0 Å². The molecular formula is C14H20BrNO3. The predicted molar refractivity (Wildman–Crippen MR) is 78.5 cm³/mol. The fourth-order valence-corrected chi connectivity index (χ4v) is 2.46. The lowest BCUT2D eigenvalue weighted by Gasteiger charge is -2.20. The fourth-order valence-electron chi connectivity index (χ4n) is 2.20. The van der Waals surface area contributed by atoms with Crippen LogP contribution < -0.4 is 4.90 Å². The van der Waals surface area contributed by atoms with Crippen molar-refractivity contribution in [3.63, 3.8) is 0 Å². The number of hydrogen-bond acceptors (Lipinski definition) is 4. The van der Waals surface area contributed by atoms with E-state index in [9.17, 15) is 0 Å². The topological polar surface area (TPSA) is 30.9 Å². The third-order valence-electron chi connectivity index (χ3n) is 3.33. The van der Waals surface area contributed by atoms with E-state index in [1.54, 1.807) is 14.2 Å². The Balaban J connectivity index is 1.81. The Morgan fingerprint density at radius 1 is 1.26 bits per heavy atom. The van der Waals surface area contributed by atoms with Crippen molar-refractivity contribution < 1.29 is 14.2 Å². The Kier molecular flexibility index (Phi) is 5.63. The molecule has 2 rings (SSSR count). The minimum atomic E-state index is -0.276. The highest BCUT2D eigenvalue weighted by Gasteiger charge is 2.24. The lowest BCUT2D eigenvalue weighted by molar-refractivity contribution is -0.149. The second-order valence-electron chi connectivity index (χ2n) is 4.57. The molecule has 1 atom stereocenters. The van der Waals surface area contributed by atoms with Crippen LogP contribution in [0.2, 0.25) is 0 Å². The molecule has 0 radical (unpaired) electrons. The summed E-state index contributed by atoms with van der Waals surface area (Å²) in [6.07, 6.45) is 1.01. The number of halogens is 1. The molecule has 19 heavy (non-hydrogen) atoms. The first kappa shape index (κ1) is 14.8. The van der Waals surface area contributed by atoms with Crippen molar-refractivity contribution in [3.8, 4) is 0 Å². The molecule has 1 saturated heterocycles. The zero-order valence-electron chi connectivity index (χ0n) is 11.3. The predicted octanol–water partition coefficient (Wildman–Crippen LogP) is 2.66. The van der Waals surface area contributed by atoms with Gasteiger partial charge in [0.05, 0.1) is 12.7 Å². The van der Waals surface area contributed by atoms with Crippen molar-refractivity contribution in [2.75, 3.05) is 38.8 Å². The van der Waals surface area contributed by atoms with Crippen LogP contribution in [0.1, 0.15) is 6.42 Å². The van der Waals surface area contributed by atoms with E-state index in [1.165, 1.54) is 5.69 Å². The first-order chi connectivity index (χ1) is 9.22. The highest BCUT2D eigenvalue weighted by Crippen LogP contribution is 2.23. The van der Waals surface area contributed by atoms with Crippen LogP contribution in [0.3, 0.4) is 0 Å². The van der Waals surface area contributed by atoms with E-state index in [4.69, 9.17) is 14.2 Å². The normalized spacial score (nSPS) is 19.4. The van der Waals surface area contributed by atoms with Crippen LogP contribution in [0.5, 0.6) is 0 Å². The van der Waals surface area contributed by atoms with Crippen molar-refractivity contribution in [1.82, 2.24) is 0 Å². The maximum Gasteiger partial charge on any atom is 0.180 e. The Bertz CT molecular complexity index is 381. The number of ether oxygens (including phenoxy) is 3. The highest BCUT2D eigenvalue weighted by atomic mass is 79.9. The van der Waals surface area contributed by atoms with Crippen molar-refractivity contribution in [1.29, 1.82) is 0 Å². The summed E-state index contributed by atoms with van der Waals surface area (Å²) in [6.45, 7) is 2.42. The largest absolute Gasteiger partial charge is 0.371 e. The maximum absolute atomic E-state index is 5.82. The summed E-state index contributed by atoms with van der Waals surface area (Å²) >= 11 is 3.45. The van der Waals surface area contributed by atoms with Gasteiger partial charge in [-0.25, -0.2) is 0 Å². The second-order valence-corrected chi connectivity index (χ2v) is 5.48. The maximum atomic E-state index is 5.82. The molecule has 5 heteroatoms. The molecule has 4 nitrogen and oxygen atoms in total. The van der Waals surface area contributed by atoms with Crippen LogP contribution in [0.25, 0.3) is 0 Å². The van der Waals surface area contributed by atoms with Crippen molar-refractivity contribution >= 4 is 21.6 Å². The summed E-state index contributed by atoms with van der Waals surface area (Å²) < 4.78 is 17.2. The Hall–Kier alpha value is -0.620. The van der Waals surface area contributed by atoms with Gasteiger partial charge in [0.15, 0.2) is 6.29 Å². The number of nitrogens with zero attached hydrogens (tertiary/aromatic N) is 1. The standard InChI is InChI=1S/C14H20BrNO3/c1-17-14(18-2)10-19-13-7-8-16(9-13)12-5-3-11(15)4-6-12/h3-6,13-14H,7-10H2,1-2H3/t13-/m1/s1. The molecule has 106 valence electrons. The Morgan fingerprint density at radius 3 is 2.58 bits per heavy atom. The van der Waals surface area contributed by atoms with Gasteiger partial charge >= 0.3 is 0 Å². The third kappa shape index (κ3) is 4.18. The third-order valence-corrected chi connectivity index (χ3v) is 3.86. The van der Waals surface area contributed by atoms with Crippen LogP contribution >= 0.6 is 15.9 Å². The van der Waals surface area contributed by atoms with E-state index in [0.717, 1.165) is 24.0 Å². The highest BCUT2D eigenvalue weighted by molar-refractivity contribution is 9.10. The Labute approximate surface area is 122 Å². The Morgan fingerprint density at radius 2 is 1.95 bits per heavy atom. The van der Waals surface area contributed by atoms with Gasteiger partial charge in [-0.3, -0.25) is 0 Å². The molecule has 0 N–H and O–H groups in total. The molecule has 1 aromatic carbocycles. The van der Waals surface area contributed by atoms with Gasteiger partial charge in [0.25, 0.3) is 0 Å². The molecule has 0 bridgehead atoms. The number of rotatable bonds is 6. The average Bonchev–Trinajstić information content (AvgIpc) is 2.89. The van der Waals surface area contributed by atoms with Gasteiger partial charge in [0, 0.05) is 37.5 Å². The van der Waals surface area contributed by atoms with Crippen molar-refractivity contribution in [2.45, 2.75) is 18.8 Å². The monoisotopic (exact) mass is 329 g/mol. The van der Waals surface area contributed by atoms with Gasteiger partial charge in [0.2, 0.25) is 0 Å². The fraction of sp³-hybridized carbons (Fsp3) is 0.571. The van der Waals surface area contributed by atoms with E-state index < -0.39 is 0 Å². The van der Waals surface area contributed by atoms with E-state index in [2.05, 4.69) is 45.1 Å². The van der Waals surface area contributed by atoms with Crippen LogP contribution in [0.15, 0.2) is 28.7 Å². The molecule has 1 heterocycles. The molecule has 0 aliphatic carbocycles. The van der Waals surface area contributed by atoms with Crippen LogP contribution in [0.4, 0.5) is 5.69 Å². The van der Waals surface area contributed by atoms with E-state index >= 15 is 0 Å². The lowest BCUT2D eigenvalue weighted by Crippen LogP contribution is -2.27. The van der Waals surface area contributed by atoms with E-state index in [0.29, 0.717) is 6.61 Å². The molecule has 0 aromatic heterocycles. The van der Waals surface area contributed by atoms with Gasteiger partial charge in [-0.05, 0) is 30.7 Å². The van der Waals surface area contributed by atoms with Crippen molar-refractivity contribution in [3.05, 3.63) is 28.7 Å². The van der Waals surface area contributed by atoms with Crippen LogP contribution in [-0.4, -0.2) is 46.3 Å². The lowest BCUT2D eigenvalue weighted by atomic mass is 10.3. The summed E-state index contributed by atoms with van der Waals surface area (Å²) in [5.41, 5.74) is 1.24. The summed E-state index contributed by atoms with van der Waals surface area (Å²) in [6, 6.07) is 8.38. The van der Waals surface area contributed by atoms with Gasteiger partial charge in [0.1, 0.15) is 0 Å². The van der Waals surface area contributed by atoms with Gasteiger partial charge in [-0.2, -0.15) is 0 Å². The van der Waals surface area contributed by atoms with Gasteiger partial charge < -0.3 is 19.1 Å². The first-order valence-corrected chi connectivity index (χ1v) is 7.20. The summed E-state index contributed by atoms with van der Waals surface area (Å²) in [4.78, 5) is 2.34. The second kappa shape index (κ2) is 7.24. The molecule has 1 aromatic rings. The smallest absolute Gasteiger partial charge is 0.180 e. The molecule has 1 fully saturated rings. The van der Waals surface area contributed by atoms with Crippen LogP contribution in [0, 0.1) is 0 Å². The summed E-state index contributed by atoms with van der Waals surface area (Å²) in [5, 5.41) is 0. The summed E-state index contributed by atoms with van der Waals surface area (Å²) in [7, 11) is 3.25. The molecule has 1 aliphatic rings. The zero-order valence-corrected chi connectivity index (χ0v) is 12.9.